The number of ether oxygens (including phenoxy) is 2. The molecule has 4 N–H and O–H groups in total. The van der Waals surface area contributed by atoms with Crippen molar-refractivity contribution >= 4 is 22.8 Å². The second-order valence-corrected chi connectivity index (χ2v) is 9.01. The Labute approximate surface area is 205 Å². The lowest BCUT2D eigenvalue weighted by molar-refractivity contribution is 0.0806. The van der Waals surface area contributed by atoms with Gasteiger partial charge in [0.15, 0.2) is 5.65 Å². The van der Waals surface area contributed by atoms with Crippen LogP contribution in [0, 0.1) is 0 Å². The molecule has 0 saturated carbocycles. The van der Waals surface area contributed by atoms with Gasteiger partial charge in [0.25, 0.3) is 0 Å². The molecule has 4 rings (SSSR count). The highest BCUT2D eigenvalue weighted by Crippen LogP contribution is 2.31. The highest BCUT2D eigenvalue weighted by molar-refractivity contribution is 6.00. The molecule has 10 heteroatoms. The molecule has 188 valence electrons. The van der Waals surface area contributed by atoms with Gasteiger partial charge in [0.1, 0.15) is 18.5 Å². The summed E-state index contributed by atoms with van der Waals surface area (Å²) in [7, 11) is 1.78. The summed E-state index contributed by atoms with van der Waals surface area (Å²) in [5.74, 6) is 0.628. The predicted octanol–water partition coefficient (Wildman–Crippen LogP) is 2.94. The van der Waals surface area contributed by atoms with Gasteiger partial charge in [0.05, 0.1) is 23.0 Å². The monoisotopic (exact) mass is 482 g/mol. The third-order valence-corrected chi connectivity index (χ3v) is 5.87. The first kappa shape index (κ1) is 24.9. The molecule has 1 aliphatic rings. The number of aromatic nitrogens is 3. The predicted molar refractivity (Wildman–Crippen MR) is 135 cm³/mol. The number of fused-ring (bicyclic) bond motifs is 1. The largest absolute Gasteiger partial charge is 0.491 e. The van der Waals surface area contributed by atoms with E-state index in [9.17, 15) is 9.90 Å². The highest BCUT2D eigenvalue weighted by Gasteiger charge is 2.19. The van der Waals surface area contributed by atoms with Gasteiger partial charge in [0.2, 0.25) is 0 Å². The van der Waals surface area contributed by atoms with Gasteiger partial charge in [-0.25, -0.2) is 14.5 Å². The van der Waals surface area contributed by atoms with E-state index >= 15 is 0 Å². The average molecular weight is 483 g/mol. The number of benzene rings is 1. The van der Waals surface area contributed by atoms with Crippen LogP contribution in [-0.2, 0) is 4.74 Å². The Balaban J connectivity index is 1.62. The molecule has 1 atom stereocenters. The number of nitrogens with zero attached hydrogens (tertiary/aromatic N) is 3. The van der Waals surface area contributed by atoms with Crippen LogP contribution in [0.2, 0.25) is 0 Å². The topological polar surface area (TPSA) is 123 Å². The van der Waals surface area contributed by atoms with Gasteiger partial charge in [-0.3, -0.25) is 0 Å². The fraction of sp³-hybridized carbons (Fsp3) is 0.480. The Hall–Kier alpha value is -3.21. The molecule has 10 nitrogen and oxygen atoms in total. The lowest BCUT2D eigenvalue weighted by atomic mass is 10.1. The standard InChI is InChI=1S/C25H34N6O4/c1-16(2)31-24-21(14-27-31)23(30-25(33)28-18-7-9-34-10-8-18)12-22(29-24)17-5-4-6-20(11-17)35-15-19(32)13-26-3/h4-6,11-12,14,16,18-19,26,32H,7-10,13,15H2,1-3H3,(H2,28,29,30,33). The number of hydrogen-bond acceptors (Lipinski definition) is 7. The number of carbonyl (C=O) groups is 1. The van der Waals surface area contributed by atoms with E-state index < -0.39 is 6.10 Å². The Bertz CT molecular complexity index is 1140. The number of nitrogens with one attached hydrogen (secondary N) is 3. The van der Waals surface area contributed by atoms with Crippen LogP contribution in [0.15, 0.2) is 36.5 Å². The Morgan fingerprint density at radius 2 is 2.09 bits per heavy atom. The molecular formula is C25H34N6O4. The third kappa shape index (κ3) is 6.27. The van der Waals surface area contributed by atoms with Crippen LogP contribution < -0.4 is 20.7 Å². The van der Waals surface area contributed by atoms with Crippen LogP contribution in [0.3, 0.4) is 0 Å². The zero-order chi connectivity index (χ0) is 24.8. The molecule has 2 amide bonds. The summed E-state index contributed by atoms with van der Waals surface area (Å²) >= 11 is 0. The summed E-state index contributed by atoms with van der Waals surface area (Å²) in [6.45, 7) is 6.01. The van der Waals surface area contributed by atoms with Crippen LogP contribution in [0.25, 0.3) is 22.3 Å². The molecule has 0 radical (unpaired) electrons. The van der Waals surface area contributed by atoms with Crippen LogP contribution in [0.1, 0.15) is 32.7 Å². The van der Waals surface area contributed by atoms with Gasteiger partial charge < -0.3 is 30.5 Å². The summed E-state index contributed by atoms with van der Waals surface area (Å²) < 4.78 is 13.0. The average Bonchev–Trinajstić information content (AvgIpc) is 3.28. The highest BCUT2D eigenvalue weighted by atomic mass is 16.5. The van der Waals surface area contributed by atoms with Crippen molar-refractivity contribution in [2.45, 2.75) is 44.9 Å². The summed E-state index contributed by atoms with van der Waals surface area (Å²) in [6, 6.07) is 9.32. The maximum absolute atomic E-state index is 12.8. The van der Waals surface area contributed by atoms with Gasteiger partial charge in [-0.15, -0.1) is 0 Å². The number of likely N-dealkylation sites (N-methyl/N-ethyl adjacent to an activating group) is 1. The number of hydrogen-bond donors (Lipinski definition) is 4. The van der Waals surface area contributed by atoms with Gasteiger partial charge in [0, 0.05) is 37.4 Å². The Morgan fingerprint density at radius 1 is 1.29 bits per heavy atom. The summed E-state index contributed by atoms with van der Waals surface area (Å²) in [6.07, 6.45) is 2.72. The molecule has 0 bridgehead atoms. The van der Waals surface area contributed by atoms with Crippen LogP contribution in [0.5, 0.6) is 5.75 Å². The molecule has 2 aromatic heterocycles. The number of rotatable bonds is 9. The molecular weight excluding hydrogens is 448 g/mol. The van der Waals surface area contributed by atoms with Crippen molar-refractivity contribution in [3.05, 3.63) is 36.5 Å². The maximum atomic E-state index is 12.8. The molecule has 1 fully saturated rings. The normalized spacial score (nSPS) is 15.3. The lowest BCUT2D eigenvalue weighted by Gasteiger charge is -2.23. The molecule has 3 heterocycles. The van der Waals surface area contributed by atoms with Crippen LogP contribution in [0.4, 0.5) is 10.5 Å². The first-order chi connectivity index (χ1) is 16.9. The van der Waals surface area contributed by atoms with Gasteiger partial charge in [-0.1, -0.05) is 12.1 Å². The van der Waals surface area contributed by atoms with Gasteiger partial charge in [-0.2, -0.15) is 5.10 Å². The molecule has 0 aliphatic carbocycles. The minimum atomic E-state index is -0.608. The van der Waals surface area contributed by atoms with Gasteiger partial charge in [-0.05, 0) is 51.9 Å². The fourth-order valence-corrected chi connectivity index (χ4v) is 4.07. The third-order valence-electron chi connectivity index (χ3n) is 5.87. The first-order valence-corrected chi connectivity index (χ1v) is 12.0. The van der Waals surface area contributed by atoms with E-state index in [2.05, 4.69) is 21.0 Å². The molecule has 0 spiro atoms. The number of urea groups is 1. The quantitative estimate of drug-likeness (QED) is 0.370. The number of aliphatic hydroxyl groups excluding tert-OH is 1. The number of aliphatic hydroxyl groups is 1. The minimum absolute atomic E-state index is 0.0889. The van der Waals surface area contributed by atoms with E-state index in [-0.39, 0.29) is 24.7 Å². The second-order valence-electron chi connectivity index (χ2n) is 9.01. The van der Waals surface area contributed by atoms with E-state index in [1.54, 1.807) is 13.2 Å². The zero-order valence-corrected chi connectivity index (χ0v) is 20.5. The molecule has 1 unspecified atom stereocenters. The molecule has 35 heavy (non-hydrogen) atoms. The van der Waals surface area contributed by atoms with Gasteiger partial charge >= 0.3 is 6.03 Å². The Morgan fingerprint density at radius 3 is 2.83 bits per heavy atom. The summed E-state index contributed by atoms with van der Waals surface area (Å²) in [5, 5.41) is 24.2. The first-order valence-electron chi connectivity index (χ1n) is 12.0. The van der Waals surface area contributed by atoms with Crippen molar-refractivity contribution in [3.63, 3.8) is 0 Å². The fourth-order valence-electron chi connectivity index (χ4n) is 4.07. The van der Waals surface area contributed by atoms with E-state index in [0.717, 1.165) is 23.8 Å². The lowest BCUT2D eigenvalue weighted by Crippen LogP contribution is -2.41. The number of pyridine rings is 1. The number of carbonyl (C=O) groups excluding carboxylic acids is 1. The zero-order valence-electron chi connectivity index (χ0n) is 20.5. The van der Waals surface area contributed by atoms with E-state index in [1.807, 2.05) is 48.9 Å². The SMILES string of the molecule is CNCC(O)COc1cccc(-c2cc(NC(=O)NC3CCOCC3)c3cnn(C(C)C)c3n2)c1. The van der Waals surface area contributed by atoms with Crippen molar-refractivity contribution in [1.82, 2.24) is 25.4 Å². The van der Waals surface area contributed by atoms with Crippen molar-refractivity contribution < 1.29 is 19.4 Å². The van der Waals surface area contributed by atoms with Crippen molar-refractivity contribution in [1.29, 1.82) is 0 Å². The van der Waals surface area contributed by atoms with E-state index in [0.29, 0.717) is 42.5 Å². The van der Waals surface area contributed by atoms with E-state index in [4.69, 9.17) is 14.5 Å². The second kappa shape index (κ2) is 11.5. The van der Waals surface area contributed by atoms with Crippen molar-refractivity contribution in [2.75, 3.05) is 38.7 Å². The molecule has 1 saturated heterocycles. The molecule has 1 aliphatic heterocycles. The maximum Gasteiger partial charge on any atom is 0.319 e. The Kier molecular flexibility index (Phi) is 8.17. The molecule has 1 aromatic carbocycles. The minimum Gasteiger partial charge on any atom is -0.491 e. The van der Waals surface area contributed by atoms with E-state index in [1.165, 1.54) is 0 Å². The summed E-state index contributed by atoms with van der Waals surface area (Å²) in [4.78, 5) is 17.7. The molecule has 3 aromatic rings. The van der Waals surface area contributed by atoms with Crippen LogP contribution in [-0.4, -0.2) is 71.5 Å². The van der Waals surface area contributed by atoms with Crippen LogP contribution >= 0.6 is 0 Å². The van der Waals surface area contributed by atoms with Crippen molar-refractivity contribution in [3.8, 4) is 17.0 Å². The van der Waals surface area contributed by atoms with Crippen molar-refractivity contribution in [2.24, 2.45) is 0 Å². The smallest absolute Gasteiger partial charge is 0.319 e. The number of amides is 2. The number of anilines is 1. The summed E-state index contributed by atoms with van der Waals surface area (Å²) in [5.41, 5.74) is 2.84.